The van der Waals surface area contributed by atoms with Gasteiger partial charge in [0, 0.05) is 11.4 Å². The molecule has 0 heterocycles. The lowest BCUT2D eigenvalue weighted by atomic mass is 9.91. The van der Waals surface area contributed by atoms with Crippen LogP contribution in [0.3, 0.4) is 0 Å². The number of anilines is 2. The van der Waals surface area contributed by atoms with Crippen molar-refractivity contribution in [3.05, 3.63) is 146 Å². The molecule has 0 unspecified atom stereocenters. The SMILES string of the molecule is c1ccc(-c2ccc(Nc3ccc(-c4cc5ccccc5cc4-c4ccccc4)cc3)cc2)cc1. The lowest BCUT2D eigenvalue weighted by molar-refractivity contribution is 1.53. The summed E-state index contributed by atoms with van der Waals surface area (Å²) in [6.45, 7) is 0. The quantitative estimate of drug-likeness (QED) is 0.277. The van der Waals surface area contributed by atoms with E-state index >= 15 is 0 Å². The van der Waals surface area contributed by atoms with Gasteiger partial charge in [-0.05, 0) is 80.6 Å². The smallest absolute Gasteiger partial charge is 0.0384 e. The standard InChI is InChI=1S/C34H25N/c1-3-9-25(10-4-1)26-15-19-31(20-16-26)35-32-21-17-28(18-22-32)34-24-30-14-8-7-13-29(30)23-33(34)27-11-5-2-6-12-27/h1-24,35H. The van der Waals surface area contributed by atoms with Crippen molar-refractivity contribution in [3.8, 4) is 33.4 Å². The van der Waals surface area contributed by atoms with E-state index in [9.17, 15) is 0 Å². The molecule has 0 aliphatic heterocycles. The lowest BCUT2D eigenvalue weighted by Crippen LogP contribution is -1.91. The summed E-state index contributed by atoms with van der Waals surface area (Å²) in [5.74, 6) is 0. The Morgan fingerprint density at radius 2 is 0.686 bits per heavy atom. The van der Waals surface area contributed by atoms with Gasteiger partial charge in [0.15, 0.2) is 0 Å². The molecule has 0 atom stereocenters. The van der Waals surface area contributed by atoms with Crippen molar-refractivity contribution in [2.45, 2.75) is 0 Å². The molecule has 6 aromatic rings. The van der Waals surface area contributed by atoms with Gasteiger partial charge in [0.2, 0.25) is 0 Å². The van der Waals surface area contributed by atoms with Crippen LogP contribution in [-0.4, -0.2) is 0 Å². The predicted molar refractivity (Wildman–Crippen MR) is 150 cm³/mol. The Labute approximate surface area is 206 Å². The van der Waals surface area contributed by atoms with Crippen molar-refractivity contribution in [2.24, 2.45) is 0 Å². The molecular formula is C34H25N. The normalized spacial score (nSPS) is 10.9. The minimum atomic E-state index is 1.07. The molecule has 6 rings (SSSR count). The molecule has 0 bridgehead atoms. The van der Waals surface area contributed by atoms with Gasteiger partial charge in [0.05, 0.1) is 0 Å². The molecule has 0 amide bonds. The lowest BCUT2D eigenvalue weighted by Gasteiger charge is -2.14. The van der Waals surface area contributed by atoms with Crippen molar-refractivity contribution in [1.82, 2.24) is 0 Å². The van der Waals surface area contributed by atoms with Crippen LogP contribution in [-0.2, 0) is 0 Å². The second-order valence-electron chi connectivity index (χ2n) is 8.76. The molecule has 1 heteroatoms. The number of hydrogen-bond donors (Lipinski definition) is 1. The molecule has 0 aromatic heterocycles. The van der Waals surface area contributed by atoms with E-state index in [1.165, 1.54) is 44.2 Å². The molecule has 0 radical (unpaired) electrons. The maximum absolute atomic E-state index is 3.54. The van der Waals surface area contributed by atoms with Crippen molar-refractivity contribution in [3.63, 3.8) is 0 Å². The Morgan fingerprint density at radius 1 is 0.314 bits per heavy atom. The van der Waals surface area contributed by atoms with Crippen molar-refractivity contribution in [2.75, 3.05) is 5.32 Å². The summed E-state index contributed by atoms with van der Waals surface area (Å²) in [5, 5.41) is 6.05. The Morgan fingerprint density at radius 3 is 1.20 bits per heavy atom. The zero-order valence-electron chi connectivity index (χ0n) is 19.4. The first-order chi connectivity index (χ1) is 17.3. The number of rotatable bonds is 5. The summed E-state index contributed by atoms with van der Waals surface area (Å²) in [7, 11) is 0. The maximum Gasteiger partial charge on any atom is 0.0384 e. The van der Waals surface area contributed by atoms with Gasteiger partial charge in [0.1, 0.15) is 0 Å². The summed E-state index contributed by atoms with van der Waals surface area (Å²) in [4.78, 5) is 0. The van der Waals surface area contributed by atoms with Gasteiger partial charge in [-0.15, -0.1) is 0 Å². The first kappa shape index (κ1) is 20.9. The van der Waals surface area contributed by atoms with E-state index < -0.39 is 0 Å². The second-order valence-corrected chi connectivity index (χ2v) is 8.76. The van der Waals surface area contributed by atoms with Gasteiger partial charge in [-0.3, -0.25) is 0 Å². The molecule has 0 aliphatic carbocycles. The number of fused-ring (bicyclic) bond motifs is 1. The van der Waals surface area contributed by atoms with Gasteiger partial charge >= 0.3 is 0 Å². The molecule has 0 saturated heterocycles. The van der Waals surface area contributed by atoms with Crippen molar-refractivity contribution in [1.29, 1.82) is 0 Å². The molecular weight excluding hydrogens is 422 g/mol. The Kier molecular flexibility index (Phi) is 5.58. The first-order valence-electron chi connectivity index (χ1n) is 11.9. The fraction of sp³-hybridized carbons (Fsp3) is 0. The van der Waals surface area contributed by atoms with E-state index in [2.05, 4.69) is 145 Å². The van der Waals surface area contributed by atoms with Gasteiger partial charge in [-0.25, -0.2) is 0 Å². The number of hydrogen-bond acceptors (Lipinski definition) is 1. The minimum Gasteiger partial charge on any atom is -0.356 e. The summed E-state index contributed by atoms with van der Waals surface area (Å²) in [6.07, 6.45) is 0. The highest BCUT2D eigenvalue weighted by molar-refractivity contribution is 5.96. The van der Waals surface area contributed by atoms with Crippen LogP contribution < -0.4 is 5.32 Å². The van der Waals surface area contributed by atoms with Crippen LogP contribution >= 0.6 is 0 Å². The average molecular weight is 448 g/mol. The highest BCUT2D eigenvalue weighted by atomic mass is 14.9. The molecule has 1 N–H and O–H groups in total. The zero-order chi connectivity index (χ0) is 23.5. The highest BCUT2D eigenvalue weighted by Gasteiger charge is 2.10. The molecule has 1 nitrogen and oxygen atoms in total. The monoisotopic (exact) mass is 447 g/mol. The van der Waals surface area contributed by atoms with Gasteiger partial charge < -0.3 is 5.32 Å². The summed E-state index contributed by atoms with van der Waals surface area (Å²) in [6, 6.07) is 51.6. The zero-order valence-corrected chi connectivity index (χ0v) is 19.4. The van der Waals surface area contributed by atoms with Crippen LogP contribution in [0, 0.1) is 0 Å². The first-order valence-corrected chi connectivity index (χ1v) is 11.9. The van der Waals surface area contributed by atoms with Crippen LogP contribution in [0.15, 0.2) is 146 Å². The topological polar surface area (TPSA) is 12.0 Å². The number of nitrogens with one attached hydrogen (secondary N) is 1. The Balaban J connectivity index is 1.30. The fourth-order valence-electron chi connectivity index (χ4n) is 4.61. The molecule has 166 valence electrons. The van der Waals surface area contributed by atoms with Crippen LogP contribution in [0.4, 0.5) is 11.4 Å². The predicted octanol–water partition coefficient (Wildman–Crippen LogP) is 9.58. The van der Waals surface area contributed by atoms with Crippen LogP contribution in [0.25, 0.3) is 44.2 Å². The fourth-order valence-corrected chi connectivity index (χ4v) is 4.61. The minimum absolute atomic E-state index is 1.07. The molecule has 0 saturated carbocycles. The van der Waals surface area contributed by atoms with Gasteiger partial charge in [0.25, 0.3) is 0 Å². The summed E-state index contributed by atoms with van der Waals surface area (Å²) >= 11 is 0. The van der Waals surface area contributed by atoms with Gasteiger partial charge in [-0.2, -0.15) is 0 Å². The molecule has 6 aromatic carbocycles. The molecule has 35 heavy (non-hydrogen) atoms. The Hall–Kier alpha value is -4.62. The Bertz CT molecular complexity index is 1570. The third-order valence-electron chi connectivity index (χ3n) is 6.45. The van der Waals surface area contributed by atoms with Crippen LogP contribution in [0.1, 0.15) is 0 Å². The van der Waals surface area contributed by atoms with Crippen molar-refractivity contribution >= 4 is 22.1 Å². The molecule has 0 aliphatic rings. The van der Waals surface area contributed by atoms with Crippen LogP contribution in [0.2, 0.25) is 0 Å². The van der Waals surface area contributed by atoms with E-state index in [-0.39, 0.29) is 0 Å². The number of benzene rings is 6. The second kappa shape index (κ2) is 9.32. The summed E-state index contributed by atoms with van der Waals surface area (Å²) < 4.78 is 0. The highest BCUT2D eigenvalue weighted by Crippen LogP contribution is 2.36. The third-order valence-corrected chi connectivity index (χ3v) is 6.45. The van der Waals surface area contributed by atoms with E-state index in [1.807, 2.05) is 6.07 Å². The maximum atomic E-state index is 3.54. The molecule has 0 spiro atoms. The van der Waals surface area contributed by atoms with E-state index in [0.29, 0.717) is 0 Å². The van der Waals surface area contributed by atoms with Gasteiger partial charge in [-0.1, -0.05) is 109 Å². The largest absolute Gasteiger partial charge is 0.356 e. The summed E-state index contributed by atoms with van der Waals surface area (Å²) in [5.41, 5.74) is 9.53. The van der Waals surface area contributed by atoms with E-state index in [0.717, 1.165) is 11.4 Å². The molecule has 0 fully saturated rings. The van der Waals surface area contributed by atoms with E-state index in [1.54, 1.807) is 0 Å². The average Bonchev–Trinajstić information content (AvgIpc) is 2.94. The van der Waals surface area contributed by atoms with E-state index in [4.69, 9.17) is 0 Å². The van der Waals surface area contributed by atoms with Crippen LogP contribution in [0.5, 0.6) is 0 Å². The van der Waals surface area contributed by atoms with Crippen molar-refractivity contribution < 1.29 is 0 Å². The third kappa shape index (κ3) is 4.45.